The van der Waals surface area contributed by atoms with E-state index in [0.717, 1.165) is 29.3 Å². The number of rotatable bonds is 8. The van der Waals surface area contributed by atoms with Crippen LogP contribution in [0.3, 0.4) is 0 Å². The zero-order valence-electron chi connectivity index (χ0n) is 13.4. The van der Waals surface area contributed by atoms with Gasteiger partial charge in [-0.15, -0.1) is 0 Å². The number of halogens is 1. The molecule has 0 aliphatic carbocycles. The van der Waals surface area contributed by atoms with Crippen LogP contribution in [0.15, 0.2) is 30.3 Å². The van der Waals surface area contributed by atoms with Crippen molar-refractivity contribution >= 4 is 28.7 Å². The number of nitrogens with zero attached hydrogens (tertiary/aromatic N) is 1. The Bertz CT molecular complexity index is 471. The molecule has 0 aromatic heterocycles. The van der Waals surface area contributed by atoms with Gasteiger partial charge in [-0.1, -0.05) is 52.9 Å². The Morgan fingerprint density at radius 3 is 2.70 bits per heavy atom. The first-order chi connectivity index (χ1) is 11.3. The quantitative estimate of drug-likeness (QED) is 0.272. The van der Waals surface area contributed by atoms with Crippen LogP contribution >= 0.6 is 22.6 Å². The lowest BCUT2D eigenvalue weighted by Crippen LogP contribution is -2.43. The minimum absolute atomic E-state index is 0.0707. The summed E-state index contributed by atoms with van der Waals surface area (Å²) >= 11 is 2.35. The van der Waals surface area contributed by atoms with Crippen LogP contribution in [0.4, 0.5) is 4.79 Å². The van der Waals surface area contributed by atoms with Gasteiger partial charge >= 0.3 is 6.09 Å². The predicted molar refractivity (Wildman–Crippen MR) is 96.6 cm³/mol. The van der Waals surface area contributed by atoms with E-state index in [0.29, 0.717) is 13.2 Å². The van der Waals surface area contributed by atoms with Crippen molar-refractivity contribution in [1.82, 2.24) is 4.90 Å². The van der Waals surface area contributed by atoms with Crippen molar-refractivity contribution in [2.75, 3.05) is 24.9 Å². The molecule has 0 bridgehead atoms. The maximum Gasteiger partial charge on any atom is 0.410 e. The molecule has 2 atom stereocenters. The van der Waals surface area contributed by atoms with Gasteiger partial charge in [0.15, 0.2) is 0 Å². The number of benzene rings is 1. The highest BCUT2D eigenvalue weighted by molar-refractivity contribution is 14.1. The molecule has 0 saturated carbocycles. The fourth-order valence-corrected chi connectivity index (χ4v) is 3.61. The molecular weight excluding hydrogens is 409 g/mol. The van der Waals surface area contributed by atoms with Gasteiger partial charge in [0.2, 0.25) is 0 Å². The van der Waals surface area contributed by atoms with E-state index in [1.807, 2.05) is 35.2 Å². The fraction of sp³-hybridized carbons (Fsp3) is 0.588. The lowest BCUT2D eigenvalue weighted by molar-refractivity contribution is -0.0486. The number of carbonyl (C=O) groups excluding carboxylic acids is 1. The highest BCUT2D eigenvalue weighted by Gasteiger charge is 2.37. The number of carbonyl (C=O) groups is 1. The topological polar surface area (TPSA) is 48.0 Å². The summed E-state index contributed by atoms with van der Waals surface area (Å²) in [4.78, 5) is 14.4. The lowest BCUT2D eigenvalue weighted by Gasteiger charge is -2.29. The number of alkyl halides is 1. The molecule has 1 fully saturated rings. The number of hydrogen-bond acceptors (Lipinski definition) is 4. The Morgan fingerprint density at radius 2 is 2.00 bits per heavy atom. The maximum absolute atomic E-state index is 12.6. The average molecular weight is 433 g/mol. The number of likely N-dealkylation sites (tertiary alicyclic amines) is 1. The first-order valence-corrected chi connectivity index (χ1v) is 9.40. The van der Waals surface area contributed by atoms with Gasteiger partial charge in [-0.3, -0.25) is 4.90 Å². The number of amides is 1. The van der Waals surface area contributed by atoms with Gasteiger partial charge in [0, 0.05) is 17.6 Å². The zero-order valence-corrected chi connectivity index (χ0v) is 15.6. The van der Waals surface area contributed by atoms with E-state index < -0.39 is 0 Å². The summed E-state index contributed by atoms with van der Waals surface area (Å²) in [6.07, 6.45) is 2.70. The summed E-state index contributed by atoms with van der Waals surface area (Å²) < 4.78 is 16.9. The Morgan fingerprint density at radius 1 is 1.26 bits per heavy atom. The number of hydrogen-bond donors (Lipinski definition) is 0. The third-order valence-electron chi connectivity index (χ3n) is 3.99. The summed E-state index contributed by atoms with van der Waals surface area (Å²) in [5.74, 6) is 0. The van der Waals surface area contributed by atoms with Gasteiger partial charge in [0.05, 0.1) is 12.6 Å². The number of ether oxygens (including phenoxy) is 3. The molecule has 128 valence electrons. The van der Waals surface area contributed by atoms with Crippen molar-refractivity contribution < 1.29 is 19.0 Å². The van der Waals surface area contributed by atoms with E-state index >= 15 is 0 Å². The number of methoxy groups -OCH3 is 1. The SMILES string of the molecule is COCOC[C@@H]1CC[C@H](CCI)N1C(=O)OCc1ccccc1. The molecule has 1 aliphatic rings. The van der Waals surface area contributed by atoms with E-state index in [1.165, 1.54) is 0 Å². The Balaban J connectivity index is 1.93. The van der Waals surface area contributed by atoms with E-state index in [-0.39, 0.29) is 25.0 Å². The summed E-state index contributed by atoms with van der Waals surface area (Å²) in [6.45, 7) is 1.05. The monoisotopic (exact) mass is 433 g/mol. The molecule has 0 unspecified atom stereocenters. The van der Waals surface area contributed by atoms with Crippen LogP contribution in [0, 0.1) is 0 Å². The Kier molecular flexibility index (Phi) is 8.11. The minimum atomic E-state index is -0.243. The molecule has 1 heterocycles. The Hall–Kier alpha value is -0.860. The van der Waals surface area contributed by atoms with E-state index in [4.69, 9.17) is 14.2 Å². The second-order valence-corrected chi connectivity index (χ2v) is 6.67. The summed E-state index contributed by atoms with van der Waals surface area (Å²) in [7, 11) is 1.60. The summed E-state index contributed by atoms with van der Waals surface area (Å²) in [5.41, 5.74) is 0.998. The molecule has 0 radical (unpaired) electrons. The highest BCUT2D eigenvalue weighted by Crippen LogP contribution is 2.28. The zero-order chi connectivity index (χ0) is 16.5. The average Bonchev–Trinajstić information content (AvgIpc) is 2.97. The first-order valence-electron chi connectivity index (χ1n) is 7.88. The second kappa shape index (κ2) is 10.1. The van der Waals surface area contributed by atoms with Crippen molar-refractivity contribution in [2.45, 2.75) is 38.0 Å². The molecule has 5 nitrogen and oxygen atoms in total. The second-order valence-electron chi connectivity index (χ2n) is 5.59. The fourth-order valence-electron chi connectivity index (χ4n) is 2.89. The molecule has 0 spiro atoms. The molecule has 1 saturated heterocycles. The van der Waals surface area contributed by atoms with Crippen molar-refractivity contribution in [2.24, 2.45) is 0 Å². The summed E-state index contributed by atoms with van der Waals surface area (Å²) in [6, 6.07) is 10.1. The third-order valence-corrected chi connectivity index (χ3v) is 4.61. The molecule has 1 aliphatic heterocycles. The van der Waals surface area contributed by atoms with Crippen molar-refractivity contribution in [3.63, 3.8) is 0 Å². The predicted octanol–water partition coefficient (Wildman–Crippen LogP) is 3.60. The lowest BCUT2D eigenvalue weighted by atomic mass is 10.1. The summed E-state index contributed by atoms with van der Waals surface area (Å²) in [5, 5.41) is 0. The first kappa shape index (κ1) is 18.5. The standard InChI is InChI=1S/C17H24INO4/c1-21-13-22-12-16-8-7-15(9-10-18)19(16)17(20)23-11-14-5-3-2-4-6-14/h2-6,15-16H,7-13H2,1H3/t15-,16+/m1/s1. The van der Waals surface area contributed by atoms with Crippen LogP contribution in [-0.4, -0.2) is 48.0 Å². The van der Waals surface area contributed by atoms with Crippen LogP contribution in [0.5, 0.6) is 0 Å². The van der Waals surface area contributed by atoms with Gasteiger partial charge in [-0.05, 0) is 24.8 Å². The van der Waals surface area contributed by atoms with Crippen molar-refractivity contribution in [3.8, 4) is 0 Å². The van der Waals surface area contributed by atoms with Crippen molar-refractivity contribution in [1.29, 1.82) is 0 Å². The molecule has 1 amide bonds. The molecule has 6 heteroatoms. The molecule has 0 N–H and O–H groups in total. The van der Waals surface area contributed by atoms with Gasteiger partial charge in [-0.2, -0.15) is 0 Å². The minimum Gasteiger partial charge on any atom is -0.445 e. The molecule has 1 aromatic rings. The van der Waals surface area contributed by atoms with Gasteiger partial charge < -0.3 is 14.2 Å². The largest absolute Gasteiger partial charge is 0.445 e. The molecule has 2 rings (SSSR count). The molecule has 1 aromatic carbocycles. The van der Waals surface area contributed by atoms with Crippen LogP contribution in [0.25, 0.3) is 0 Å². The van der Waals surface area contributed by atoms with Gasteiger partial charge in [-0.25, -0.2) is 4.79 Å². The highest BCUT2D eigenvalue weighted by atomic mass is 127. The third kappa shape index (κ3) is 5.61. The van der Waals surface area contributed by atoms with E-state index in [1.54, 1.807) is 7.11 Å². The van der Waals surface area contributed by atoms with Crippen molar-refractivity contribution in [3.05, 3.63) is 35.9 Å². The smallest absolute Gasteiger partial charge is 0.410 e. The van der Waals surface area contributed by atoms with E-state index in [2.05, 4.69) is 22.6 Å². The van der Waals surface area contributed by atoms with Crippen LogP contribution in [0.2, 0.25) is 0 Å². The van der Waals surface area contributed by atoms with E-state index in [9.17, 15) is 4.79 Å². The van der Waals surface area contributed by atoms with Gasteiger partial charge in [0.1, 0.15) is 13.4 Å². The molecule has 23 heavy (non-hydrogen) atoms. The molecular formula is C17H24INO4. The van der Waals surface area contributed by atoms with Crippen LogP contribution in [-0.2, 0) is 20.8 Å². The van der Waals surface area contributed by atoms with Crippen LogP contribution in [0.1, 0.15) is 24.8 Å². The normalized spacial score (nSPS) is 20.7. The Labute approximate surface area is 151 Å². The van der Waals surface area contributed by atoms with Crippen LogP contribution < -0.4 is 0 Å². The van der Waals surface area contributed by atoms with Gasteiger partial charge in [0.25, 0.3) is 0 Å². The maximum atomic E-state index is 12.6.